The van der Waals surface area contributed by atoms with E-state index in [0.717, 1.165) is 64.2 Å². The molecule has 0 unspecified atom stereocenters. The summed E-state index contributed by atoms with van der Waals surface area (Å²) < 4.78 is 2.10. The first-order valence-corrected chi connectivity index (χ1v) is 10.7. The highest BCUT2D eigenvalue weighted by atomic mass is 16.2. The van der Waals surface area contributed by atoms with Crippen LogP contribution in [0.1, 0.15) is 49.4 Å². The topological polar surface area (TPSA) is 41.4 Å². The molecule has 0 N–H and O–H groups in total. The molecule has 28 heavy (non-hydrogen) atoms. The van der Waals surface area contributed by atoms with Crippen LogP contribution in [0.5, 0.6) is 0 Å². The van der Waals surface area contributed by atoms with Crippen molar-refractivity contribution in [2.24, 2.45) is 13.0 Å². The Kier molecular flexibility index (Phi) is 6.10. The van der Waals surface area contributed by atoms with E-state index >= 15 is 0 Å². The van der Waals surface area contributed by atoms with Crippen LogP contribution in [-0.2, 0) is 18.4 Å². The van der Waals surface area contributed by atoms with Gasteiger partial charge in [-0.15, -0.1) is 0 Å². The predicted octanol–water partition coefficient (Wildman–Crippen LogP) is 3.43. The van der Waals surface area contributed by atoms with Crippen LogP contribution in [0.25, 0.3) is 0 Å². The Hall–Kier alpha value is -2.14. The first-order chi connectivity index (χ1) is 13.7. The largest absolute Gasteiger partial charge is 0.342 e. The van der Waals surface area contributed by atoms with Gasteiger partial charge in [-0.3, -0.25) is 9.69 Å². The monoisotopic (exact) mass is 380 g/mol. The maximum Gasteiger partial charge on any atom is 0.222 e. The number of aryl methyl sites for hydroxylation is 1. The summed E-state index contributed by atoms with van der Waals surface area (Å²) in [6, 6.07) is 10.7. The summed E-state index contributed by atoms with van der Waals surface area (Å²) in [5, 5.41) is 0. The van der Waals surface area contributed by atoms with Crippen molar-refractivity contribution >= 4 is 5.91 Å². The van der Waals surface area contributed by atoms with Crippen LogP contribution in [0.4, 0.5) is 0 Å². The summed E-state index contributed by atoms with van der Waals surface area (Å²) in [7, 11) is 2.05. The molecule has 1 aromatic carbocycles. The molecule has 0 spiro atoms. The second-order valence-electron chi connectivity index (χ2n) is 8.48. The van der Waals surface area contributed by atoms with Crippen molar-refractivity contribution in [1.29, 1.82) is 0 Å². The smallest absolute Gasteiger partial charge is 0.222 e. The van der Waals surface area contributed by atoms with Crippen LogP contribution in [0.15, 0.2) is 42.7 Å². The minimum Gasteiger partial charge on any atom is -0.342 e. The zero-order valence-corrected chi connectivity index (χ0v) is 17.0. The highest BCUT2D eigenvalue weighted by Crippen LogP contribution is 2.28. The Balaban J connectivity index is 1.25. The van der Waals surface area contributed by atoms with Crippen LogP contribution >= 0.6 is 0 Å². The molecule has 2 fully saturated rings. The third-order valence-corrected chi connectivity index (χ3v) is 6.42. The van der Waals surface area contributed by atoms with E-state index in [-0.39, 0.29) is 0 Å². The molecule has 4 rings (SSSR count). The predicted molar refractivity (Wildman–Crippen MR) is 111 cm³/mol. The average Bonchev–Trinajstić information content (AvgIpc) is 3.16. The lowest BCUT2D eigenvalue weighted by Crippen LogP contribution is -2.41. The number of nitrogens with zero attached hydrogens (tertiary/aromatic N) is 4. The van der Waals surface area contributed by atoms with E-state index in [1.54, 1.807) is 0 Å². The summed E-state index contributed by atoms with van der Waals surface area (Å²) in [5.41, 5.74) is 1.38. The van der Waals surface area contributed by atoms with Crippen LogP contribution < -0.4 is 0 Å². The summed E-state index contributed by atoms with van der Waals surface area (Å²) in [6.45, 7) is 4.97. The standard InChI is InChI=1S/C23H32N4O/c1-25-15-11-24-23(25)21-8-5-12-27(18-21)22(28)16-19-9-13-26(14-10-19)17-20-6-3-2-4-7-20/h2-4,6-7,11,15,19,21H,5,8-10,12-14,16-18H2,1H3/t21-/m1/s1. The first kappa shape index (κ1) is 19.2. The third kappa shape index (κ3) is 4.64. The Morgan fingerprint density at radius 3 is 2.61 bits per heavy atom. The van der Waals surface area contributed by atoms with Crippen LogP contribution in [-0.4, -0.2) is 51.4 Å². The lowest BCUT2D eigenvalue weighted by molar-refractivity contribution is -0.133. The molecule has 1 aromatic heterocycles. The maximum atomic E-state index is 12.9. The molecule has 1 amide bonds. The second-order valence-corrected chi connectivity index (χ2v) is 8.48. The summed E-state index contributed by atoms with van der Waals surface area (Å²) in [4.78, 5) is 22.1. The van der Waals surface area contributed by atoms with Crippen molar-refractivity contribution in [3.8, 4) is 0 Å². The van der Waals surface area contributed by atoms with E-state index in [0.29, 0.717) is 24.2 Å². The lowest BCUT2D eigenvalue weighted by Gasteiger charge is -2.35. The van der Waals surface area contributed by atoms with Crippen LogP contribution in [0.2, 0.25) is 0 Å². The zero-order chi connectivity index (χ0) is 19.3. The van der Waals surface area contributed by atoms with Gasteiger partial charge in [0.25, 0.3) is 0 Å². The number of hydrogen-bond acceptors (Lipinski definition) is 3. The fourth-order valence-corrected chi connectivity index (χ4v) is 4.75. The number of aromatic nitrogens is 2. The van der Waals surface area contributed by atoms with E-state index in [4.69, 9.17) is 0 Å². The molecule has 150 valence electrons. The number of carbonyl (C=O) groups is 1. The third-order valence-electron chi connectivity index (χ3n) is 6.42. The van der Waals surface area contributed by atoms with Crippen molar-refractivity contribution < 1.29 is 4.79 Å². The van der Waals surface area contributed by atoms with Gasteiger partial charge in [-0.1, -0.05) is 30.3 Å². The van der Waals surface area contributed by atoms with E-state index < -0.39 is 0 Å². The molecular formula is C23H32N4O. The molecule has 5 nitrogen and oxygen atoms in total. The number of benzene rings is 1. The molecular weight excluding hydrogens is 348 g/mol. The first-order valence-electron chi connectivity index (χ1n) is 10.7. The molecule has 2 saturated heterocycles. The van der Waals surface area contributed by atoms with Gasteiger partial charge in [0.05, 0.1) is 0 Å². The maximum absolute atomic E-state index is 12.9. The van der Waals surface area contributed by atoms with E-state index in [1.807, 2.05) is 19.4 Å². The van der Waals surface area contributed by atoms with Crippen molar-refractivity contribution in [2.45, 2.75) is 44.6 Å². The van der Waals surface area contributed by atoms with Gasteiger partial charge in [0.1, 0.15) is 5.82 Å². The Morgan fingerprint density at radius 2 is 1.89 bits per heavy atom. The molecule has 5 heteroatoms. The van der Waals surface area contributed by atoms with Gasteiger partial charge in [0.15, 0.2) is 0 Å². The summed E-state index contributed by atoms with van der Waals surface area (Å²) in [6.07, 6.45) is 9.06. The molecule has 2 aliphatic heterocycles. The minimum absolute atomic E-state index is 0.348. The van der Waals surface area contributed by atoms with E-state index in [9.17, 15) is 4.79 Å². The number of carbonyl (C=O) groups excluding carboxylic acids is 1. The van der Waals surface area contributed by atoms with Gasteiger partial charge >= 0.3 is 0 Å². The number of likely N-dealkylation sites (tertiary alicyclic amines) is 2. The molecule has 0 aliphatic carbocycles. The quantitative estimate of drug-likeness (QED) is 0.798. The molecule has 0 bridgehead atoms. The van der Waals surface area contributed by atoms with Gasteiger partial charge < -0.3 is 9.47 Å². The van der Waals surface area contributed by atoms with Gasteiger partial charge in [-0.25, -0.2) is 4.98 Å². The molecule has 2 aliphatic rings. The number of rotatable bonds is 5. The minimum atomic E-state index is 0.348. The van der Waals surface area contributed by atoms with Crippen molar-refractivity contribution in [1.82, 2.24) is 19.4 Å². The van der Waals surface area contributed by atoms with E-state index in [1.165, 1.54) is 5.56 Å². The van der Waals surface area contributed by atoms with E-state index in [2.05, 4.69) is 49.7 Å². The van der Waals surface area contributed by atoms with Gasteiger partial charge in [-0.05, 0) is 50.3 Å². The fraction of sp³-hybridized carbons (Fsp3) is 0.565. The lowest BCUT2D eigenvalue weighted by atomic mass is 9.91. The van der Waals surface area contributed by atoms with Crippen molar-refractivity contribution in [3.63, 3.8) is 0 Å². The Morgan fingerprint density at radius 1 is 1.11 bits per heavy atom. The fourth-order valence-electron chi connectivity index (χ4n) is 4.75. The summed E-state index contributed by atoms with van der Waals surface area (Å²) >= 11 is 0. The molecule has 0 saturated carbocycles. The highest BCUT2D eigenvalue weighted by molar-refractivity contribution is 5.76. The number of imidazole rings is 1. The number of hydrogen-bond donors (Lipinski definition) is 0. The SMILES string of the molecule is Cn1ccnc1[C@@H]1CCCN(C(=O)CC2CCN(Cc3ccccc3)CC2)C1. The van der Waals surface area contributed by atoms with Crippen LogP contribution in [0, 0.1) is 5.92 Å². The van der Waals surface area contributed by atoms with Gasteiger partial charge in [0.2, 0.25) is 5.91 Å². The van der Waals surface area contributed by atoms with Gasteiger partial charge in [0, 0.05) is 51.4 Å². The Labute approximate surface area is 168 Å². The molecule has 3 heterocycles. The average molecular weight is 381 g/mol. The zero-order valence-electron chi connectivity index (χ0n) is 17.0. The normalized spacial score (nSPS) is 21.8. The second kappa shape index (κ2) is 8.91. The number of piperidine rings is 2. The summed E-state index contributed by atoms with van der Waals surface area (Å²) in [5.74, 6) is 2.38. The van der Waals surface area contributed by atoms with Crippen molar-refractivity contribution in [3.05, 3.63) is 54.1 Å². The molecule has 1 atom stereocenters. The number of amides is 1. The molecule has 2 aromatic rings. The van der Waals surface area contributed by atoms with Crippen LogP contribution in [0.3, 0.4) is 0 Å². The van der Waals surface area contributed by atoms with Crippen molar-refractivity contribution in [2.75, 3.05) is 26.2 Å². The van der Waals surface area contributed by atoms with Gasteiger partial charge in [-0.2, -0.15) is 0 Å². The Bertz CT molecular complexity index is 764. The molecule has 0 radical (unpaired) electrons. The highest BCUT2D eigenvalue weighted by Gasteiger charge is 2.29.